The van der Waals surface area contributed by atoms with Gasteiger partial charge in [0.1, 0.15) is 6.10 Å². The molecule has 0 aliphatic carbocycles. The molecule has 0 bridgehead atoms. The minimum atomic E-state index is -0.539. The van der Waals surface area contributed by atoms with Gasteiger partial charge in [-0.3, -0.25) is 15.0 Å². The number of morpholine rings is 1. The minimum Gasteiger partial charge on any atom is -0.441 e. The third-order valence-electron chi connectivity index (χ3n) is 3.89. The van der Waals surface area contributed by atoms with Gasteiger partial charge in [0, 0.05) is 25.7 Å². The van der Waals surface area contributed by atoms with Crippen molar-refractivity contribution in [2.24, 2.45) is 5.10 Å². The van der Waals surface area contributed by atoms with E-state index in [4.69, 9.17) is 9.47 Å². The van der Waals surface area contributed by atoms with Gasteiger partial charge in [0.15, 0.2) is 0 Å². The van der Waals surface area contributed by atoms with Crippen LogP contribution in [0.4, 0.5) is 10.5 Å². The van der Waals surface area contributed by atoms with Crippen LogP contribution in [0.25, 0.3) is 0 Å². The highest BCUT2D eigenvalue weighted by molar-refractivity contribution is 5.86. The molecule has 9 nitrogen and oxygen atoms in total. The molecule has 128 valence electrons. The molecule has 3 rings (SSSR count). The molecule has 9 heteroatoms. The van der Waals surface area contributed by atoms with E-state index >= 15 is 0 Å². The van der Waals surface area contributed by atoms with Crippen LogP contribution in [0.1, 0.15) is 5.56 Å². The van der Waals surface area contributed by atoms with E-state index in [1.807, 2.05) is 0 Å². The average Bonchev–Trinajstić information content (AvgIpc) is 2.93. The van der Waals surface area contributed by atoms with Gasteiger partial charge >= 0.3 is 6.09 Å². The van der Waals surface area contributed by atoms with Crippen LogP contribution < -0.4 is 0 Å². The summed E-state index contributed by atoms with van der Waals surface area (Å²) in [6.07, 6.45) is 0.512. The Balaban J connectivity index is 1.61. The van der Waals surface area contributed by atoms with E-state index in [1.165, 1.54) is 17.3 Å². The van der Waals surface area contributed by atoms with Gasteiger partial charge in [-0.2, -0.15) is 10.1 Å². The maximum absolute atomic E-state index is 11.9. The summed E-state index contributed by atoms with van der Waals surface area (Å²) in [5, 5.41) is 16.2. The summed E-state index contributed by atoms with van der Waals surface area (Å²) in [5.41, 5.74) is 0.283. The van der Waals surface area contributed by atoms with Gasteiger partial charge in [0.2, 0.25) is 0 Å². The zero-order chi connectivity index (χ0) is 16.9. The number of benzene rings is 1. The zero-order valence-corrected chi connectivity index (χ0v) is 13.0. The van der Waals surface area contributed by atoms with Crippen molar-refractivity contribution in [3.05, 3.63) is 39.9 Å². The molecule has 1 atom stereocenters. The highest BCUT2D eigenvalue weighted by atomic mass is 16.6. The molecule has 1 aromatic rings. The van der Waals surface area contributed by atoms with Gasteiger partial charge in [-0.1, -0.05) is 12.1 Å². The van der Waals surface area contributed by atoms with Crippen LogP contribution in [0, 0.1) is 10.1 Å². The van der Waals surface area contributed by atoms with Crippen molar-refractivity contribution in [2.45, 2.75) is 6.10 Å². The summed E-state index contributed by atoms with van der Waals surface area (Å²) in [6.45, 7) is 3.95. The third-order valence-corrected chi connectivity index (χ3v) is 3.89. The number of nitro benzene ring substituents is 1. The van der Waals surface area contributed by atoms with E-state index < -0.39 is 11.0 Å². The summed E-state index contributed by atoms with van der Waals surface area (Å²) >= 11 is 0. The number of amides is 1. The number of rotatable bonds is 5. The van der Waals surface area contributed by atoms with Crippen molar-refractivity contribution in [3.8, 4) is 0 Å². The largest absolute Gasteiger partial charge is 0.441 e. The fraction of sp³-hybridized carbons (Fsp3) is 0.467. The van der Waals surface area contributed by atoms with Crippen molar-refractivity contribution in [1.29, 1.82) is 0 Å². The molecular formula is C15H18N4O5. The van der Waals surface area contributed by atoms with Gasteiger partial charge in [-0.05, 0) is 6.07 Å². The number of para-hydroxylation sites is 1. The maximum Gasteiger partial charge on any atom is 0.430 e. The number of hydrogen-bond donors (Lipinski definition) is 0. The number of carbonyl (C=O) groups excluding carboxylic acids is 1. The fourth-order valence-corrected chi connectivity index (χ4v) is 2.66. The monoisotopic (exact) mass is 334 g/mol. The van der Waals surface area contributed by atoms with E-state index in [0.717, 1.165) is 13.1 Å². The number of carbonyl (C=O) groups is 1. The Bertz CT molecular complexity index is 645. The first-order valence-corrected chi connectivity index (χ1v) is 7.69. The smallest absolute Gasteiger partial charge is 0.430 e. The van der Waals surface area contributed by atoms with Crippen LogP contribution >= 0.6 is 0 Å². The molecule has 24 heavy (non-hydrogen) atoms. The van der Waals surface area contributed by atoms with Gasteiger partial charge in [0.25, 0.3) is 5.69 Å². The maximum atomic E-state index is 11.9. The highest BCUT2D eigenvalue weighted by Gasteiger charge is 2.32. The summed E-state index contributed by atoms with van der Waals surface area (Å²) < 4.78 is 10.6. The Hall–Kier alpha value is -2.52. The lowest BCUT2D eigenvalue weighted by Gasteiger charge is -2.27. The van der Waals surface area contributed by atoms with Crippen LogP contribution in [0.5, 0.6) is 0 Å². The normalized spacial score (nSPS) is 22.1. The standard InChI is InChI=1S/C15H18N4O5/c20-15-18(11-13(24-15)10-17-5-7-23-8-6-17)16-9-12-3-1-2-4-14(12)19(21)22/h1-4,9,13H,5-8,10-11H2/b16-9-/t13-/m1/s1. The number of nitro groups is 1. The first kappa shape index (κ1) is 16.3. The number of hydrogen-bond acceptors (Lipinski definition) is 7. The van der Waals surface area contributed by atoms with Crippen LogP contribution in [0.3, 0.4) is 0 Å². The average molecular weight is 334 g/mol. The predicted octanol–water partition coefficient (Wildman–Crippen LogP) is 1.08. The number of hydrazone groups is 1. The van der Waals surface area contributed by atoms with Crippen molar-refractivity contribution in [2.75, 3.05) is 39.4 Å². The molecule has 2 aliphatic rings. The number of nitrogens with zero attached hydrogens (tertiary/aromatic N) is 4. The topological polar surface area (TPSA) is 97.5 Å². The van der Waals surface area contributed by atoms with Gasteiger partial charge in [-0.25, -0.2) is 4.79 Å². The predicted molar refractivity (Wildman–Crippen MR) is 84.9 cm³/mol. The van der Waals surface area contributed by atoms with Gasteiger partial charge in [0.05, 0.1) is 36.5 Å². The van der Waals surface area contributed by atoms with Crippen molar-refractivity contribution in [3.63, 3.8) is 0 Å². The molecule has 0 radical (unpaired) electrons. The van der Waals surface area contributed by atoms with Crippen molar-refractivity contribution < 1.29 is 19.2 Å². The lowest BCUT2D eigenvalue weighted by molar-refractivity contribution is -0.385. The van der Waals surface area contributed by atoms with Crippen LogP contribution in [0.15, 0.2) is 29.4 Å². The minimum absolute atomic E-state index is 0.0568. The lowest BCUT2D eigenvalue weighted by atomic mass is 10.2. The second-order valence-corrected chi connectivity index (χ2v) is 5.56. The Morgan fingerprint density at radius 1 is 1.33 bits per heavy atom. The molecule has 1 amide bonds. The lowest BCUT2D eigenvalue weighted by Crippen LogP contribution is -2.41. The molecule has 0 unspecified atom stereocenters. The van der Waals surface area contributed by atoms with E-state index in [0.29, 0.717) is 31.9 Å². The summed E-state index contributed by atoms with van der Waals surface area (Å²) in [6, 6.07) is 6.23. The van der Waals surface area contributed by atoms with Crippen LogP contribution in [-0.4, -0.2) is 72.6 Å². The second-order valence-electron chi connectivity index (χ2n) is 5.56. The second kappa shape index (κ2) is 7.37. The highest BCUT2D eigenvalue weighted by Crippen LogP contribution is 2.17. The molecule has 0 aromatic heterocycles. The molecule has 0 saturated carbocycles. The van der Waals surface area contributed by atoms with Crippen LogP contribution in [0.2, 0.25) is 0 Å². The summed E-state index contributed by atoms with van der Waals surface area (Å²) in [5.74, 6) is 0. The van der Waals surface area contributed by atoms with Gasteiger partial charge < -0.3 is 9.47 Å². The SMILES string of the molecule is O=C1O[C@H](CN2CCOCC2)CN1/N=C\c1ccccc1[N+](=O)[O-]. The van der Waals surface area contributed by atoms with Crippen molar-refractivity contribution in [1.82, 2.24) is 9.91 Å². The Labute approximate surface area is 138 Å². The Morgan fingerprint density at radius 3 is 2.83 bits per heavy atom. The zero-order valence-electron chi connectivity index (χ0n) is 13.0. The van der Waals surface area contributed by atoms with Crippen molar-refractivity contribution >= 4 is 18.0 Å². The molecule has 0 spiro atoms. The summed E-state index contributed by atoms with van der Waals surface area (Å²) in [4.78, 5) is 24.6. The summed E-state index contributed by atoms with van der Waals surface area (Å²) in [7, 11) is 0. The first-order valence-electron chi connectivity index (χ1n) is 7.69. The molecule has 1 aromatic carbocycles. The molecule has 2 aliphatic heterocycles. The Morgan fingerprint density at radius 2 is 2.08 bits per heavy atom. The molecule has 0 N–H and O–H groups in total. The van der Waals surface area contributed by atoms with E-state index in [1.54, 1.807) is 18.2 Å². The number of cyclic esters (lactones) is 1. The van der Waals surface area contributed by atoms with E-state index in [-0.39, 0.29) is 11.8 Å². The van der Waals surface area contributed by atoms with E-state index in [2.05, 4.69) is 10.0 Å². The van der Waals surface area contributed by atoms with Gasteiger partial charge in [-0.15, -0.1) is 0 Å². The molecule has 2 heterocycles. The molecule has 2 saturated heterocycles. The fourth-order valence-electron chi connectivity index (χ4n) is 2.66. The van der Waals surface area contributed by atoms with Crippen LogP contribution in [-0.2, 0) is 9.47 Å². The number of ether oxygens (including phenoxy) is 2. The molecule has 2 fully saturated rings. The third kappa shape index (κ3) is 3.87. The van der Waals surface area contributed by atoms with E-state index in [9.17, 15) is 14.9 Å². The first-order chi connectivity index (χ1) is 11.6. The quantitative estimate of drug-likeness (QED) is 0.454. The Kier molecular flexibility index (Phi) is 5.02. The molecular weight excluding hydrogens is 316 g/mol.